The zero-order chi connectivity index (χ0) is 19.5. The van der Waals surface area contributed by atoms with E-state index in [0.717, 1.165) is 0 Å². The third-order valence-corrected chi connectivity index (χ3v) is 4.72. The maximum atomic E-state index is 12.0. The van der Waals surface area contributed by atoms with E-state index in [1.807, 2.05) is 6.92 Å². The van der Waals surface area contributed by atoms with Gasteiger partial charge in [0, 0.05) is 23.7 Å². The minimum absolute atomic E-state index is 0.0932. The summed E-state index contributed by atoms with van der Waals surface area (Å²) in [5, 5.41) is 21.3. The first-order valence-corrected chi connectivity index (χ1v) is 8.53. The van der Waals surface area contributed by atoms with Crippen molar-refractivity contribution in [1.82, 2.24) is 10.6 Å². The number of carbonyl (C=O) groups is 3. The molecule has 2 amide bonds. The molecule has 1 atom stereocenters. The summed E-state index contributed by atoms with van der Waals surface area (Å²) in [6.07, 6.45) is 6.82. The number of amides is 2. The van der Waals surface area contributed by atoms with Crippen molar-refractivity contribution in [3.63, 3.8) is 0 Å². The predicted octanol–water partition coefficient (Wildman–Crippen LogP) is 2.53. The molecule has 1 unspecified atom stereocenters. The predicted molar refractivity (Wildman–Crippen MR) is 92.4 cm³/mol. The van der Waals surface area contributed by atoms with Crippen LogP contribution in [0.1, 0.15) is 72.6 Å². The number of nitrogens with zero attached hydrogens (tertiary/aromatic N) is 2. The largest absolute Gasteiger partial charge is 0.300 e. The highest BCUT2D eigenvalue weighted by atomic mass is 16.2. The maximum absolute atomic E-state index is 12.0. The van der Waals surface area contributed by atoms with Gasteiger partial charge in [0.1, 0.15) is 5.78 Å². The summed E-state index contributed by atoms with van der Waals surface area (Å²) < 4.78 is 0. The zero-order valence-corrected chi connectivity index (χ0v) is 15.6. The molecule has 7 nitrogen and oxygen atoms in total. The number of ketones is 1. The highest BCUT2D eigenvalue weighted by Crippen LogP contribution is 2.29. The molecule has 0 aromatic rings. The van der Waals surface area contributed by atoms with E-state index in [0.29, 0.717) is 44.9 Å². The van der Waals surface area contributed by atoms with Crippen molar-refractivity contribution in [2.75, 3.05) is 0 Å². The molecule has 138 valence electrons. The Morgan fingerprint density at radius 3 is 1.84 bits per heavy atom. The summed E-state index contributed by atoms with van der Waals surface area (Å²) in [6, 6.07) is 0. The summed E-state index contributed by atoms with van der Waals surface area (Å²) in [7, 11) is 0. The Balaban J connectivity index is 4.25. The van der Waals surface area contributed by atoms with E-state index in [9.17, 15) is 14.4 Å². The van der Waals surface area contributed by atoms with Crippen LogP contribution in [-0.4, -0.2) is 17.6 Å². The van der Waals surface area contributed by atoms with E-state index in [2.05, 4.69) is 10.6 Å². The van der Waals surface area contributed by atoms with Crippen LogP contribution in [0.15, 0.2) is 0 Å². The minimum atomic E-state index is -0.688. The van der Waals surface area contributed by atoms with Gasteiger partial charge in [-0.1, -0.05) is 27.7 Å². The van der Waals surface area contributed by atoms with Gasteiger partial charge in [-0.3, -0.25) is 25.0 Å². The van der Waals surface area contributed by atoms with E-state index in [1.165, 1.54) is 0 Å². The van der Waals surface area contributed by atoms with Crippen molar-refractivity contribution < 1.29 is 14.4 Å². The van der Waals surface area contributed by atoms with Gasteiger partial charge >= 0.3 is 0 Å². The van der Waals surface area contributed by atoms with Crippen LogP contribution >= 0.6 is 0 Å². The maximum Gasteiger partial charge on any atom is 0.238 e. The lowest BCUT2D eigenvalue weighted by atomic mass is 9.81. The molecule has 0 aliphatic carbocycles. The van der Waals surface area contributed by atoms with Gasteiger partial charge in [-0.15, -0.1) is 0 Å². The molecule has 0 radical (unpaired) electrons. The summed E-state index contributed by atoms with van der Waals surface area (Å²) >= 11 is 0. The lowest BCUT2D eigenvalue weighted by Crippen LogP contribution is -2.36. The van der Waals surface area contributed by atoms with Gasteiger partial charge in [-0.25, -0.2) is 0 Å². The first-order chi connectivity index (χ1) is 11.6. The van der Waals surface area contributed by atoms with Gasteiger partial charge in [0.05, 0.1) is 0 Å². The van der Waals surface area contributed by atoms with Crippen molar-refractivity contribution in [1.29, 1.82) is 10.5 Å². The zero-order valence-electron chi connectivity index (χ0n) is 15.6. The quantitative estimate of drug-likeness (QED) is 0.439. The van der Waals surface area contributed by atoms with Crippen molar-refractivity contribution in [3.05, 3.63) is 0 Å². The van der Waals surface area contributed by atoms with Crippen molar-refractivity contribution in [2.45, 2.75) is 72.6 Å². The van der Waals surface area contributed by atoms with Crippen LogP contribution in [0.5, 0.6) is 0 Å². The molecule has 0 aromatic carbocycles. The smallest absolute Gasteiger partial charge is 0.238 e. The van der Waals surface area contributed by atoms with Gasteiger partial charge < -0.3 is 0 Å². The Morgan fingerprint density at radius 2 is 1.36 bits per heavy atom. The van der Waals surface area contributed by atoms with Crippen molar-refractivity contribution in [3.8, 4) is 12.4 Å². The Labute approximate surface area is 149 Å². The van der Waals surface area contributed by atoms with Gasteiger partial charge in [0.2, 0.25) is 11.8 Å². The fourth-order valence-corrected chi connectivity index (χ4v) is 2.51. The summed E-state index contributed by atoms with van der Waals surface area (Å²) in [5.41, 5.74) is -1.33. The molecule has 0 heterocycles. The first-order valence-electron chi connectivity index (χ1n) is 8.53. The van der Waals surface area contributed by atoms with E-state index < -0.39 is 10.8 Å². The molecule has 0 bridgehead atoms. The first kappa shape index (κ1) is 22.6. The fourth-order valence-electron chi connectivity index (χ4n) is 2.51. The van der Waals surface area contributed by atoms with E-state index in [4.69, 9.17) is 10.5 Å². The minimum Gasteiger partial charge on any atom is -0.300 e. The second-order valence-electron chi connectivity index (χ2n) is 7.18. The molecule has 7 heteroatoms. The summed E-state index contributed by atoms with van der Waals surface area (Å²) in [6.45, 7) is 7.16. The molecular weight excluding hydrogens is 320 g/mol. The van der Waals surface area contributed by atoms with Crippen molar-refractivity contribution in [2.24, 2.45) is 10.8 Å². The Kier molecular flexibility index (Phi) is 9.45. The van der Waals surface area contributed by atoms with Crippen LogP contribution in [0, 0.1) is 33.7 Å². The molecular formula is C18H28N4O3. The van der Waals surface area contributed by atoms with Gasteiger partial charge in [0.15, 0.2) is 12.4 Å². The third kappa shape index (κ3) is 7.80. The molecule has 25 heavy (non-hydrogen) atoms. The van der Waals surface area contributed by atoms with Crippen LogP contribution < -0.4 is 10.6 Å². The Hall–Kier alpha value is -2.41. The number of carbonyl (C=O) groups excluding carboxylic acids is 3. The van der Waals surface area contributed by atoms with Crippen molar-refractivity contribution >= 4 is 17.6 Å². The van der Waals surface area contributed by atoms with Crippen LogP contribution in [0.25, 0.3) is 0 Å². The number of hydrogen-bond donors (Lipinski definition) is 2. The Bertz CT molecular complexity index is 572. The number of hydrogen-bond acceptors (Lipinski definition) is 5. The molecule has 0 aliphatic rings. The van der Waals surface area contributed by atoms with E-state index in [-0.39, 0.29) is 17.6 Å². The van der Waals surface area contributed by atoms with Crippen LogP contribution in [-0.2, 0) is 14.4 Å². The number of rotatable bonds is 11. The summed E-state index contributed by atoms with van der Waals surface area (Å²) in [4.78, 5) is 35.6. The molecule has 0 aromatic heterocycles. The number of nitriles is 2. The second kappa shape index (κ2) is 10.5. The molecule has 2 N–H and O–H groups in total. The molecule has 0 fully saturated rings. The fraction of sp³-hybridized carbons (Fsp3) is 0.722. The third-order valence-electron chi connectivity index (χ3n) is 4.72. The highest BCUT2D eigenvalue weighted by Gasteiger charge is 2.31. The lowest BCUT2D eigenvalue weighted by molar-refractivity contribution is -0.130. The van der Waals surface area contributed by atoms with E-state index >= 15 is 0 Å². The van der Waals surface area contributed by atoms with Crippen LogP contribution in [0.4, 0.5) is 0 Å². The number of nitrogens with one attached hydrogen (secondary N) is 2. The lowest BCUT2D eigenvalue weighted by Gasteiger charge is -2.25. The average molecular weight is 348 g/mol. The number of Topliss-reactive ketones (excluding diaryl/α,β-unsaturated/α-hetero) is 1. The molecule has 0 saturated carbocycles. The molecule has 0 aliphatic heterocycles. The second-order valence-corrected chi connectivity index (χ2v) is 7.18. The van der Waals surface area contributed by atoms with Gasteiger partial charge in [-0.2, -0.15) is 10.5 Å². The Morgan fingerprint density at radius 1 is 0.880 bits per heavy atom. The average Bonchev–Trinajstić information content (AvgIpc) is 2.54. The van der Waals surface area contributed by atoms with Gasteiger partial charge in [-0.05, 0) is 32.1 Å². The SMILES string of the molecule is CCC(C)(CCCC(=O)CCCC(C)(C)C(=O)NC#N)C(=O)NC#N. The topological polar surface area (TPSA) is 123 Å². The standard InChI is InChI=1S/C18H28N4O3/c1-5-18(4,16(25)22-13-20)11-7-9-14(23)8-6-10-17(2,3)15(24)21-12-19/h5-11H2,1-4H3,(H,21,24)(H,22,25). The molecule has 0 rings (SSSR count). The normalized spacial score (nSPS) is 13.0. The van der Waals surface area contributed by atoms with Crippen LogP contribution in [0.2, 0.25) is 0 Å². The van der Waals surface area contributed by atoms with Gasteiger partial charge in [0.25, 0.3) is 0 Å². The molecule has 0 saturated heterocycles. The molecule has 0 spiro atoms. The highest BCUT2D eigenvalue weighted by molar-refractivity contribution is 5.84. The van der Waals surface area contributed by atoms with E-state index in [1.54, 1.807) is 33.2 Å². The monoisotopic (exact) mass is 348 g/mol. The summed E-state index contributed by atoms with van der Waals surface area (Å²) in [5.74, 6) is -0.560. The van der Waals surface area contributed by atoms with Crippen LogP contribution in [0.3, 0.4) is 0 Å².